The van der Waals surface area contributed by atoms with Gasteiger partial charge in [-0.25, -0.2) is 0 Å². The van der Waals surface area contributed by atoms with Gasteiger partial charge in [0.05, 0.1) is 12.2 Å². The molecule has 16 heavy (non-hydrogen) atoms. The Kier molecular flexibility index (Phi) is 7.06. The highest BCUT2D eigenvalue weighted by molar-refractivity contribution is 5.65. The second kappa shape index (κ2) is 7.44. The van der Waals surface area contributed by atoms with Crippen molar-refractivity contribution < 1.29 is 14.3 Å². The van der Waals surface area contributed by atoms with Crippen molar-refractivity contribution in [3.8, 4) is 0 Å². The fraction of sp³-hybridized carbons (Fsp3) is 0.769. The molecule has 0 fully saturated rings. The molecule has 0 saturated carbocycles. The van der Waals surface area contributed by atoms with Gasteiger partial charge in [0.25, 0.3) is 0 Å². The molecule has 3 nitrogen and oxygen atoms in total. The van der Waals surface area contributed by atoms with Crippen molar-refractivity contribution in [1.82, 2.24) is 0 Å². The van der Waals surface area contributed by atoms with Crippen LogP contribution in [0, 0.1) is 5.92 Å². The zero-order valence-electron chi connectivity index (χ0n) is 11.1. The molecule has 0 aromatic rings. The number of hydrogen-bond acceptors (Lipinski definition) is 3. The maximum atomic E-state index is 10.6. The van der Waals surface area contributed by atoms with Crippen molar-refractivity contribution in [2.24, 2.45) is 5.92 Å². The molecule has 0 heterocycles. The quantitative estimate of drug-likeness (QED) is 0.496. The monoisotopic (exact) mass is 228 g/mol. The summed E-state index contributed by atoms with van der Waals surface area (Å²) in [4.78, 5) is 10.6. The second-order valence-corrected chi connectivity index (χ2v) is 4.68. The highest BCUT2D eigenvalue weighted by Crippen LogP contribution is 2.13. The standard InChI is InChI=1S/C13H24O3/c1-11(8-10-16-12(2)14)7-6-9-13(3,4)15-5/h6,9,11H,7-8,10H2,1-5H3/b9-6+. The van der Waals surface area contributed by atoms with E-state index in [9.17, 15) is 4.79 Å². The number of ether oxygens (including phenoxy) is 2. The van der Waals surface area contributed by atoms with Crippen LogP contribution in [-0.2, 0) is 14.3 Å². The predicted molar refractivity (Wildman–Crippen MR) is 65.3 cm³/mol. The molecule has 0 bridgehead atoms. The Hall–Kier alpha value is -0.830. The number of carbonyl (C=O) groups excluding carboxylic acids is 1. The average molecular weight is 228 g/mol. The summed E-state index contributed by atoms with van der Waals surface area (Å²) in [5.74, 6) is 0.312. The SMILES string of the molecule is COC(C)(C)/C=C/CC(C)CCOC(C)=O. The Morgan fingerprint density at radius 3 is 2.56 bits per heavy atom. The number of methoxy groups -OCH3 is 1. The minimum Gasteiger partial charge on any atom is -0.466 e. The first-order valence-electron chi connectivity index (χ1n) is 5.73. The van der Waals surface area contributed by atoms with Crippen molar-refractivity contribution >= 4 is 5.97 Å². The summed E-state index contributed by atoms with van der Waals surface area (Å²) >= 11 is 0. The van der Waals surface area contributed by atoms with Crippen LogP contribution in [0.3, 0.4) is 0 Å². The van der Waals surface area contributed by atoms with E-state index >= 15 is 0 Å². The van der Waals surface area contributed by atoms with Gasteiger partial charge >= 0.3 is 5.97 Å². The molecule has 94 valence electrons. The first kappa shape index (κ1) is 15.2. The van der Waals surface area contributed by atoms with Gasteiger partial charge in [0, 0.05) is 14.0 Å². The van der Waals surface area contributed by atoms with Gasteiger partial charge in [0.15, 0.2) is 0 Å². The number of esters is 1. The van der Waals surface area contributed by atoms with E-state index in [2.05, 4.69) is 19.1 Å². The highest BCUT2D eigenvalue weighted by Gasteiger charge is 2.10. The van der Waals surface area contributed by atoms with Gasteiger partial charge < -0.3 is 9.47 Å². The number of hydrogen-bond donors (Lipinski definition) is 0. The van der Waals surface area contributed by atoms with E-state index in [1.807, 2.05) is 13.8 Å². The van der Waals surface area contributed by atoms with E-state index in [4.69, 9.17) is 9.47 Å². The van der Waals surface area contributed by atoms with Gasteiger partial charge in [-0.2, -0.15) is 0 Å². The Labute approximate surface area is 98.8 Å². The summed E-state index contributed by atoms with van der Waals surface area (Å²) in [6.45, 7) is 8.14. The van der Waals surface area contributed by atoms with Crippen LogP contribution in [0.4, 0.5) is 0 Å². The minimum absolute atomic E-state index is 0.199. The minimum atomic E-state index is -0.205. The van der Waals surface area contributed by atoms with E-state index < -0.39 is 0 Å². The van der Waals surface area contributed by atoms with E-state index in [0.717, 1.165) is 12.8 Å². The Morgan fingerprint density at radius 2 is 2.06 bits per heavy atom. The normalized spacial score (nSPS) is 14.1. The molecule has 0 aromatic carbocycles. The zero-order valence-corrected chi connectivity index (χ0v) is 11.1. The third-order valence-corrected chi connectivity index (χ3v) is 2.50. The molecule has 1 atom stereocenters. The van der Waals surface area contributed by atoms with Crippen LogP contribution in [-0.4, -0.2) is 25.3 Å². The van der Waals surface area contributed by atoms with Crippen LogP contribution < -0.4 is 0 Å². The molecule has 1 unspecified atom stereocenters. The molecule has 0 aliphatic heterocycles. The summed E-state index contributed by atoms with van der Waals surface area (Å²) in [5.41, 5.74) is -0.199. The average Bonchev–Trinajstić information content (AvgIpc) is 2.17. The summed E-state index contributed by atoms with van der Waals surface area (Å²) in [7, 11) is 1.70. The van der Waals surface area contributed by atoms with Gasteiger partial charge in [0.2, 0.25) is 0 Å². The third kappa shape index (κ3) is 8.48. The molecule has 0 spiro atoms. The predicted octanol–water partition coefficient (Wildman–Crippen LogP) is 2.95. The van der Waals surface area contributed by atoms with E-state index in [1.54, 1.807) is 7.11 Å². The first-order chi connectivity index (χ1) is 7.37. The molecule has 0 aliphatic rings. The summed E-state index contributed by atoms with van der Waals surface area (Å²) in [6.07, 6.45) is 6.07. The van der Waals surface area contributed by atoms with Gasteiger partial charge in [0.1, 0.15) is 0 Å². The molecule has 0 radical (unpaired) electrons. The van der Waals surface area contributed by atoms with E-state index in [-0.39, 0.29) is 11.6 Å². The second-order valence-electron chi connectivity index (χ2n) is 4.68. The Balaban J connectivity index is 3.72. The molecule has 0 aliphatic carbocycles. The molecule has 0 rings (SSSR count). The lowest BCUT2D eigenvalue weighted by Crippen LogP contribution is -2.18. The lowest BCUT2D eigenvalue weighted by atomic mass is 10.0. The molecular formula is C13H24O3. The van der Waals surface area contributed by atoms with Gasteiger partial charge in [-0.1, -0.05) is 19.1 Å². The molecule has 0 amide bonds. The largest absolute Gasteiger partial charge is 0.466 e. The van der Waals surface area contributed by atoms with E-state index in [1.165, 1.54) is 6.92 Å². The van der Waals surface area contributed by atoms with Gasteiger partial charge in [-0.15, -0.1) is 0 Å². The fourth-order valence-corrected chi connectivity index (χ4v) is 1.17. The molecule has 0 N–H and O–H groups in total. The van der Waals surface area contributed by atoms with Crippen LogP contribution in [0.25, 0.3) is 0 Å². The topological polar surface area (TPSA) is 35.5 Å². The maximum absolute atomic E-state index is 10.6. The Morgan fingerprint density at radius 1 is 1.44 bits per heavy atom. The summed E-state index contributed by atoms with van der Waals surface area (Å²) < 4.78 is 10.2. The summed E-state index contributed by atoms with van der Waals surface area (Å²) in [6, 6.07) is 0. The van der Waals surface area contributed by atoms with Crippen molar-refractivity contribution in [3.63, 3.8) is 0 Å². The van der Waals surface area contributed by atoms with Crippen LogP contribution >= 0.6 is 0 Å². The van der Waals surface area contributed by atoms with Gasteiger partial charge in [-0.3, -0.25) is 4.79 Å². The maximum Gasteiger partial charge on any atom is 0.302 e. The molecule has 0 aromatic heterocycles. The smallest absolute Gasteiger partial charge is 0.302 e. The third-order valence-electron chi connectivity index (χ3n) is 2.50. The van der Waals surface area contributed by atoms with Crippen molar-refractivity contribution in [2.75, 3.05) is 13.7 Å². The zero-order chi connectivity index (χ0) is 12.6. The van der Waals surface area contributed by atoms with Gasteiger partial charge in [-0.05, 0) is 32.6 Å². The lowest BCUT2D eigenvalue weighted by molar-refractivity contribution is -0.141. The number of rotatable bonds is 7. The van der Waals surface area contributed by atoms with Crippen molar-refractivity contribution in [2.45, 2.75) is 46.1 Å². The molecular weight excluding hydrogens is 204 g/mol. The van der Waals surface area contributed by atoms with Crippen LogP contribution in [0.1, 0.15) is 40.5 Å². The fourth-order valence-electron chi connectivity index (χ4n) is 1.17. The van der Waals surface area contributed by atoms with Crippen LogP contribution in [0.5, 0.6) is 0 Å². The van der Waals surface area contributed by atoms with Crippen molar-refractivity contribution in [1.29, 1.82) is 0 Å². The molecule has 3 heteroatoms. The number of carbonyl (C=O) groups is 1. The van der Waals surface area contributed by atoms with Crippen molar-refractivity contribution in [3.05, 3.63) is 12.2 Å². The first-order valence-corrected chi connectivity index (χ1v) is 5.73. The van der Waals surface area contributed by atoms with Crippen LogP contribution in [0.15, 0.2) is 12.2 Å². The van der Waals surface area contributed by atoms with E-state index in [0.29, 0.717) is 12.5 Å². The molecule has 0 saturated heterocycles. The Bertz CT molecular complexity index is 231. The summed E-state index contributed by atoms with van der Waals surface area (Å²) in [5, 5.41) is 0. The lowest BCUT2D eigenvalue weighted by Gasteiger charge is -2.18. The van der Waals surface area contributed by atoms with Crippen LogP contribution in [0.2, 0.25) is 0 Å². The highest BCUT2D eigenvalue weighted by atomic mass is 16.5. The number of allylic oxidation sites excluding steroid dienone is 1.